The van der Waals surface area contributed by atoms with Crippen molar-refractivity contribution in [2.24, 2.45) is 11.1 Å². The molecule has 1 aromatic carbocycles. The van der Waals surface area contributed by atoms with Crippen LogP contribution in [-0.4, -0.2) is 33.3 Å². The average Bonchev–Trinajstić information content (AvgIpc) is 2.62. The Balaban J connectivity index is 0.00000576. The molecule has 0 heterocycles. The first-order chi connectivity index (χ1) is 11.5. The lowest BCUT2D eigenvalue weighted by Crippen LogP contribution is -2.45. The molecule has 1 amide bonds. The SMILES string of the molecule is CCOc1c(OC)cc(CNC(=O)C(CC)(CC)CN)cc1OC.Cl. The van der Waals surface area contributed by atoms with Gasteiger partial charge in [-0.15, -0.1) is 12.4 Å². The van der Waals surface area contributed by atoms with Gasteiger partial charge in [-0.25, -0.2) is 0 Å². The predicted octanol–water partition coefficient (Wildman–Crippen LogP) is 2.91. The van der Waals surface area contributed by atoms with Gasteiger partial charge in [-0.3, -0.25) is 4.79 Å². The van der Waals surface area contributed by atoms with Crippen LogP contribution >= 0.6 is 12.4 Å². The molecule has 0 bridgehead atoms. The zero-order valence-corrected chi connectivity index (χ0v) is 16.6. The van der Waals surface area contributed by atoms with Gasteiger partial charge in [0.15, 0.2) is 11.5 Å². The largest absolute Gasteiger partial charge is 0.493 e. The van der Waals surface area contributed by atoms with Gasteiger partial charge >= 0.3 is 0 Å². The van der Waals surface area contributed by atoms with Gasteiger partial charge in [0.1, 0.15) is 0 Å². The highest BCUT2D eigenvalue weighted by molar-refractivity contribution is 5.85. The zero-order chi connectivity index (χ0) is 18.2. The summed E-state index contributed by atoms with van der Waals surface area (Å²) in [6.07, 6.45) is 1.42. The number of nitrogens with two attached hydrogens (primary N) is 1. The Kier molecular flexibility index (Phi) is 10.3. The molecule has 1 aromatic rings. The van der Waals surface area contributed by atoms with E-state index in [0.29, 0.717) is 49.8 Å². The summed E-state index contributed by atoms with van der Waals surface area (Å²) in [7, 11) is 3.15. The molecule has 7 heteroatoms. The molecule has 0 aromatic heterocycles. The molecule has 0 atom stereocenters. The summed E-state index contributed by atoms with van der Waals surface area (Å²) >= 11 is 0. The normalized spacial score (nSPS) is 10.6. The molecule has 0 aliphatic heterocycles. The molecule has 0 unspecified atom stereocenters. The minimum atomic E-state index is -0.514. The van der Waals surface area contributed by atoms with Crippen molar-refractivity contribution in [3.05, 3.63) is 17.7 Å². The molecule has 6 nitrogen and oxygen atoms in total. The topological polar surface area (TPSA) is 82.8 Å². The van der Waals surface area contributed by atoms with Crippen LogP contribution in [0.4, 0.5) is 0 Å². The zero-order valence-electron chi connectivity index (χ0n) is 15.8. The van der Waals surface area contributed by atoms with E-state index in [9.17, 15) is 4.79 Å². The summed E-state index contributed by atoms with van der Waals surface area (Å²) in [5.41, 5.74) is 6.19. The third-order valence-electron chi connectivity index (χ3n) is 4.49. The lowest BCUT2D eigenvalue weighted by Gasteiger charge is -2.28. The number of benzene rings is 1. The highest BCUT2D eigenvalue weighted by Crippen LogP contribution is 2.38. The molecular formula is C18H31ClN2O4. The fourth-order valence-electron chi connectivity index (χ4n) is 2.65. The fraction of sp³-hybridized carbons (Fsp3) is 0.611. The summed E-state index contributed by atoms with van der Waals surface area (Å²) in [5, 5.41) is 2.98. The van der Waals surface area contributed by atoms with Gasteiger partial charge in [-0.2, -0.15) is 0 Å². The van der Waals surface area contributed by atoms with Crippen molar-refractivity contribution in [1.82, 2.24) is 5.32 Å². The maximum atomic E-state index is 12.5. The smallest absolute Gasteiger partial charge is 0.227 e. The Morgan fingerprint density at radius 1 is 1.12 bits per heavy atom. The molecule has 3 N–H and O–H groups in total. The number of halogens is 1. The van der Waals surface area contributed by atoms with Crippen molar-refractivity contribution in [2.75, 3.05) is 27.4 Å². The quantitative estimate of drug-likeness (QED) is 0.658. The highest BCUT2D eigenvalue weighted by atomic mass is 35.5. The number of hydrogen-bond acceptors (Lipinski definition) is 5. The van der Waals surface area contributed by atoms with Crippen molar-refractivity contribution < 1.29 is 19.0 Å². The van der Waals surface area contributed by atoms with Crippen molar-refractivity contribution in [2.45, 2.75) is 40.2 Å². The summed E-state index contributed by atoms with van der Waals surface area (Å²) in [6.45, 7) is 7.09. The maximum absolute atomic E-state index is 12.5. The number of carbonyl (C=O) groups is 1. The summed E-state index contributed by atoms with van der Waals surface area (Å²) < 4.78 is 16.3. The van der Waals surface area contributed by atoms with Crippen LogP contribution in [0.3, 0.4) is 0 Å². The van der Waals surface area contributed by atoms with Gasteiger partial charge < -0.3 is 25.3 Å². The standard InChI is InChI=1S/C18H30N2O4.ClH/c1-6-18(7-2,12-19)17(21)20-11-13-9-14(22-4)16(24-8-3)15(10-13)23-5;/h9-10H,6-8,11-12,19H2,1-5H3,(H,20,21);1H. The number of nitrogens with one attached hydrogen (secondary N) is 1. The number of rotatable bonds is 10. The molecule has 0 spiro atoms. The van der Waals surface area contributed by atoms with E-state index in [4.69, 9.17) is 19.9 Å². The van der Waals surface area contributed by atoms with E-state index in [-0.39, 0.29) is 18.3 Å². The Labute approximate surface area is 156 Å². The molecule has 0 fully saturated rings. The Morgan fingerprint density at radius 2 is 1.64 bits per heavy atom. The van der Waals surface area contributed by atoms with Crippen LogP contribution in [-0.2, 0) is 11.3 Å². The Bertz CT molecular complexity index is 515. The highest BCUT2D eigenvalue weighted by Gasteiger charge is 2.33. The molecule has 0 aliphatic rings. The van der Waals surface area contributed by atoms with Crippen LogP contribution < -0.4 is 25.3 Å². The Morgan fingerprint density at radius 3 is 2.00 bits per heavy atom. The van der Waals surface area contributed by atoms with Crippen molar-refractivity contribution in [1.29, 1.82) is 0 Å². The molecule has 1 rings (SSSR count). The number of ether oxygens (including phenoxy) is 3. The van der Waals surface area contributed by atoms with Crippen molar-refractivity contribution in [3.8, 4) is 17.2 Å². The molecule has 0 saturated carbocycles. The van der Waals surface area contributed by atoms with Gasteiger partial charge in [0, 0.05) is 13.1 Å². The maximum Gasteiger partial charge on any atom is 0.227 e. The third-order valence-corrected chi connectivity index (χ3v) is 4.49. The van der Waals surface area contributed by atoms with Crippen molar-refractivity contribution in [3.63, 3.8) is 0 Å². The summed E-state index contributed by atoms with van der Waals surface area (Å²) in [5.74, 6) is 1.70. The van der Waals surface area contributed by atoms with E-state index in [1.165, 1.54) is 0 Å². The second-order valence-electron chi connectivity index (χ2n) is 5.64. The number of hydrogen-bond donors (Lipinski definition) is 2. The predicted molar refractivity (Wildman–Crippen MR) is 102 cm³/mol. The van der Waals surface area contributed by atoms with Gasteiger partial charge in [-0.05, 0) is 37.5 Å². The van der Waals surface area contributed by atoms with Gasteiger partial charge in [0.25, 0.3) is 0 Å². The van der Waals surface area contributed by atoms with Gasteiger partial charge in [-0.1, -0.05) is 13.8 Å². The van der Waals surface area contributed by atoms with E-state index in [2.05, 4.69) is 5.32 Å². The third kappa shape index (κ3) is 5.41. The van der Waals surface area contributed by atoms with Crippen molar-refractivity contribution >= 4 is 18.3 Å². The fourth-order valence-corrected chi connectivity index (χ4v) is 2.65. The molecule has 0 saturated heterocycles. The minimum absolute atomic E-state index is 0. The van der Waals surface area contributed by atoms with E-state index >= 15 is 0 Å². The van der Waals surface area contributed by atoms with Crippen LogP contribution in [0, 0.1) is 5.41 Å². The van der Waals surface area contributed by atoms with Crippen LogP contribution in [0.1, 0.15) is 39.2 Å². The first-order valence-electron chi connectivity index (χ1n) is 8.37. The van der Waals surface area contributed by atoms with Crippen LogP contribution in [0.2, 0.25) is 0 Å². The summed E-state index contributed by atoms with van der Waals surface area (Å²) in [4.78, 5) is 12.5. The van der Waals surface area contributed by atoms with E-state index in [0.717, 1.165) is 5.56 Å². The Hall–Kier alpha value is -1.66. The molecule has 25 heavy (non-hydrogen) atoms. The second-order valence-corrected chi connectivity index (χ2v) is 5.64. The van der Waals surface area contributed by atoms with Crippen LogP contribution in [0.5, 0.6) is 17.2 Å². The van der Waals surface area contributed by atoms with E-state index in [1.54, 1.807) is 14.2 Å². The molecule has 0 aliphatic carbocycles. The van der Waals surface area contributed by atoms with E-state index < -0.39 is 5.41 Å². The lowest BCUT2D eigenvalue weighted by atomic mass is 9.81. The summed E-state index contributed by atoms with van der Waals surface area (Å²) in [6, 6.07) is 3.69. The first kappa shape index (κ1) is 23.3. The monoisotopic (exact) mass is 374 g/mol. The van der Waals surface area contributed by atoms with Gasteiger partial charge in [0.05, 0.1) is 26.2 Å². The lowest BCUT2D eigenvalue weighted by molar-refractivity contribution is -0.131. The molecular weight excluding hydrogens is 344 g/mol. The van der Waals surface area contributed by atoms with Gasteiger partial charge in [0.2, 0.25) is 11.7 Å². The second kappa shape index (κ2) is 11.1. The minimum Gasteiger partial charge on any atom is -0.493 e. The molecule has 144 valence electrons. The first-order valence-corrected chi connectivity index (χ1v) is 8.37. The average molecular weight is 375 g/mol. The van der Waals surface area contributed by atoms with E-state index in [1.807, 2.05) is 32.9 Å². The van der Waals surface area contributed by atoms with Crippen LogP contribution in [0.25, 0.3) is 0 Å². The number of methoxy groups -OCH3 is 2. The molecule has 0 radical (unpaired) electrons. The number of amides is 1. The van der Waals surface area contributed by atoms with Crippen LogP contribution in [0.15, 0.2) is 12.1 Å². The number of carbonyl (C=O) groups excluding carboxylic acids is 1.